The van der Waals surface area contributed by atoms with Gasteiger partial charge >= 0.3 is 0 Å². The molecule has 0 radical (unpaired) electrons. The fourth-order valence-corrected chi connectivity index (χ4v) is 6.18. The molecule has 172 valence electrons. The van der Waals surface area contributed by atoms with Crippen molar-refractivity contribution in [2.24, 2.45) is 17.8 Å². The van der Waals surface area contributed by atoms with Gasteiger partial charge in [0.1, 0.15) is 5.54 Å². The first-order valence-corrected chi connectivity index (χ1v) is 12.7. The Hall–Kier alpha value is -1.94. The predicted molar refractivity (Wildman–Crippen MR) is 112 cm³/mol. The second-order valence-electron chi connectivity index (χ2n) is 9.47. The third-order valence-corrected chi connectivity index (χ3v) is 8.83. The summed E-state index contributed by atoms with van der Waals surface area (Å²) < 4.78 is 26.8. The first-order chi connectivity index (χ1) is 14.6. The van der Waals surface area contributed by atoms with Crippen LogP contribution in [0.2, 0.25) is 0 Å². The molecule has 5 unspecified atom stereocenters. The Morgan fingerprint density at radius 2 is 1.94 bits per heavy atom. The van der Waals surface area contributed by atoms with Gasteiger partial charge < -0.3 is 15.3 Å². The Labute approximate surface area is 182 Å². The zero-order valence-corrected chi connectivity index (χ0v) is 18.6. The van der Waals surface area contributed by atoms with E-state index < -0.39 is 50.6 Å². The number of aliphatic hydroxyl groups is 1. The number of hydrogen-bond acceptors (Lipinski definition) is 6. The topological polar surface area (TPSA) is 133 Å². The van der Waals surface area contributed by atoms with Crippen LogP contribution in [0.15, 0.2) is 12.2 Å². The van der Waals surface area contributed by atoms with Crippen molar-refractivity contribution in [3.63, 3.8) is 0 Å². The number of nitrogens with one attached hydrogen (secondary N) is 2. The molecular formula is C21H31N3O6S. The number of allylic oxidation sites excluding steroid dienone is 1. The van der Waals surface area contributed by atoms with E-state index in [-0.39, 0.29) is 24.7 Å². The van der Waals surface area contributed by atoms with Crippen molar-refractivity contribution < 1.29 is 27.9 Å². The highest BCUT2D eigenvalue weighted by atomic mass is 32.2. The fourth-order valence-electron chi connectivity index (χ4n) is 4.81. The van der Waals surface area contributed by atoms with E-state index >= 15 is 0 Å². The lowest BCUT2D eigenvalue weighted by Gasteiger charge is -2.26. The number of sulfonamides is 1. The molecule has 10 heteroatoms. The highest BCUT2D eigenvalue weighted by Gasteiger charge is 2.62. The van der Waals surface area contributed by atoms with Crippen molar-refractivity contribution in [1.29, 1.82) is 0 Å². The molecule has 4 rings (SSSR count). The molecule has 0 aromatic carbocycles. The second-order valence-corrected chi connectivity index (χ2v) is 11.4. The maximum absolute atomic E-state index is 13.2. The van der Waals surface area contributed by atoms with Crippen LogP contribution in [0.4, 0.5) is 0 Å². The van der Waals surface area contributed by atoms with E-state index in [2.05, 4.69) is 10.0 Å². The van der Waals surface area contributed by atoms with Crippen LogP contribution in [0.3, 0.4) is 0 Å². The molecule has 3 saturated carbocycles. The van der Waals surface area contributed by atoms with Crippen LogP contribution in [0.1, 0.15) is 51.4 Å². The van der Waals surface area contributed by atoms with E-state index in [0.29, 0.717) is 25.8 Å². The summed E-state index contributed by atoms with van der Waals surface area (Å²) in [4.78, 5) is 40.7. The third-order valence-electron chi connectivity index (χ3n) is 7.01. The molecule has 5 atom stereocenters. The lowest BCUT2D eigenvalue weighted by atomic mass is 9.93. The van der Waals surface area contributed by atoms with E-state index in [1.165, 1.54) is 0 Å². The molecule has 31 heavy (non-hydrogen) atoms. The summed E-state index contributed by atoms with van der Waals surface area (Å²) in [5.41, 5.74) is -1.33. The summed E-state index contributed by atoms with van der Waals surface area (Å²) in [6.07, 6.45) is 7.27. The average molecular weight is 454 g/mol. The van der Waals surface area contributed by atoms with Crippen molar-refractivity contribution in [3.05, 3.63) is 12.2 Å². The van der Waals surface area contributed by atoms with Gasteiger partial charge in [-0.2, -0.15) is 0 Å². The molecule has 1 aliphatic heterocycles. The summed E-state index contributed by atoms with van der Waals surface area (Å²) in [6.45, 7) is 0.586. The number of rotatable bonds is 3. The minimum Gasteiger partial charge on any atom is -0.393 e. The minimum atomic E-state index is -3.74. The van der Waals surface area contributed by atoms with E-state index in [0.717, 1.165) is 19.3 Å². The Bertz CT molecular complexity index is 899. The van der Waals surface area contributed by atoms with E-state index in [4.69, 9.17) is 0 Å². The smallest absolute Gasteiger partial charge is 0.259 e. The Morgan fingerprint density at radius 3 is 2.65 bits per heavy atom. The van der Waals surface area contributed by atoms with Gasteiger partial charge in [0.15, 0.2) is 0 Å². The quantitative estimate of drug-likeness (QED) is 0.518. The van der Waals surface area contributed by atoms with Gasteiger partial charge in [0, 0.05) is 19.5 Å². The SMILES string of the molecule is CN1CCCCC=CC2CC2(C(=O)NS(=O)(=O)C2CC2)NC(=O)C2CC(O)CC2C1=O. The highest BCUT2D eigenvalue weighted by Crippen LogP contribution is 2.46. The van der Waals surface area contributed by atoms with E-state index in [1.54, 1.807) is 11.9 Å². The molecule has 0 aromatic heterocycles. The normalized spacial score (nSPS) is 36.8. The summed E-state index contributed by atoms with van der Waals surface area (Å²) in [6, 6.07) is 0. The second kappa shape index (κ2) is 8.20. The summed E-state index contributed by atoms with van der Waals surface area (Å²) >= 11 is 0. The number of hydrogen-bond donors (Lipinski definition) is 3. The fraction of sp³-hybridized carbons (Fsp3) is 0.762. The van der Waals surface area contributed by atoms with Gasteiger partial charge in [0.05, 0.1) is 23.2 Å². The van der Waals surface area contributed by atoms with Crippen LogP contribution in [0.5, 0.6) is 0 Å². The van der Waals surface area contributed by atoms with Gasteiger partial charge in [-0.15, -0.1) is 0 Å². The number of carbonyl (C=O) groups excluding carboxylic acids is 3. The molecule has 3 aliphatic carbocycles. The van der Waals surface area contributed by atoms with E-state index in [1.807, 2.05) is 12.2 Å². The standard InChI is InChI=1S/C21H31N3O6S/c1-24-9-5-3-2-4-6-13-12-21(13,20(28)23-31(29,30)15-7-8-15)22-18(26)16-10-14(25)11-17(16)19(24)27/h4,6,13-17,25H,2-3,5,7-12H2,1H3,(H,22,26)(H,23,28). The zero-order valence-electron chi connectivity index (χ0n) is 17.7. The van der Waals surface area contributed by atoms with Crippen LogP contribution in [0, 0.1) is 17.8 Å². The monoisotopic (exact) mass is 453 g/mol. The minimum absolute atomic E-state index is 0.147. The molecule has 9 nitrogen and oxygen atoms in total. The maximum atomic E-state index is 13.2. The van der Waals surface area contributed by atoms with Crippen LogP contribution in [-0.2, 0) is 24.4 Å². The molecule has 4 aliphatic rings. The number of carbonyl (C=O) groups is 3. The third kappa shape index (κ3) is 4.50. The summed E-state index contributed by atoms with van der Waals surface area (Å²) in [5, 5.41) is 12.4. The molecule has 0 spiro atoms. The van der Waals surface area contributed by atoms with Crippen LogP contribution in [-0.4, -0.2) is 66.6 Å². The average Bonchev–Trinajstić information content (AvgIpc) is 3.61. The van der Waals surface area contributed by atoms with Crippen LogP contribution < -0.4 is 10.0 Å². The van der Waals surface area contributed by atoms with Crippen molar-refractivity contribution in [2.75, 3.05) is 13.6 Å². The van der Waals surface area contributed by atoms with Gasteiger partial charge in [0.25, 0.3) is 5.91 Å². The first kappa shape index (κ1) is 22.3. The molecule has 3 fully saturated rings. The summed E-state index contributed by atoms with van der Waals surface area (Å²) in [5.74, 6) is -3.06. The number of nitrogens with zero attached hydrogens (tertiary/aromatic N) is 1. The van der Waals surface area contributed by atoms with E-state index in [9.17, 15) is 27.9 Å². The van der Waals surface area contributed by atoms with Crippen molar-refractivity contribution >= 4 is 27.7 Å². The van der Waals surface area contributed by atoms with Gasteiger partial charge in [-0.3, -0.25) is 19.1 Å². The summed E-state index contributed by atoms with van der Waals surface area (Å²) in [7, 11) is -2.04. The van der Waals surface area contributed by atoms with Gasteiger partial charge in [0.2, 0.25) is 21.8 Å². The largest absolute Gasteiger partial charge is 0.393 e. The number of fused-ring (bicyclic) bond motifs is 2. The molecular weight excluding hydrogens is 422 g/mol. The molecule has 0 saturated heterocycles. The molecule has 1 heterocycles. The van der Waals surface area contributed by atoms with Gasteiger partial charge in [-0.05, 0) is 51.4 Å². The maximum Gasteiger partial charge on any atom is 0.259 e. The first-order valence-electron chi connectivity index (χ1n) is 11.1. The van der Waals surface area contributed by atoms with Crippen molar-refractivity contribution in [1.82, 2.24) is 14.9 Å². The molecule has 0 aromatic rings. The van der Waals surface area contributed by atoms with Crippen LogP contribution in [0.25, 0.3) is 0 Å². The molecule has 3 N–H and O–H groups in total. The van der Waals surface area contributed by atoms with Crippen molar-refractivity contribution in [3.8, 4) is 0 Å². The predicted octanol–water partition coefficient (Wildman–Crippen LogP) is 0.0553. The highest BCUT2D eigenvalue weighted by molar-refractivity contribution is 7.91. The lowest BCUT2D eigenvalue weighted by molar-refractivity contribution is -0.140. The Kier molecular flexibility index (Phi) is 5.89. The van der Waals surface area contributed by atoms with Gasteiger partial charge in [-0.25, -0.2) is 8.42 Å². The zero-order chi connectivity index (χ0) is 22.4. The Morgan fingerprint density at radius 1 is 1.23 bits per heavy atom. The number of amides is 3. The van der Waals surface area contributed by atoms with Crippen LogP contribution >= 0.6 is 0 Å². The molecule has 0 bridgehead atoms. The number of aliphatic hydroxyl groups excluding tert-OH is 1. The van der Waals surface area contributed by atoms with Crippen molar-refractivity contribution in [2.45, 2.75) is 68.3 Å². The van der Waals surface area contributed by atoms with Gasteiger partial charge in [-0.1, -0.05) is 12.2 Å². The lowest BCUT2D eigenvalue weighted by Crippen LogP contribution is -2.54. The molecule has 3 amide bonds. The Balaban J connectivity index is 1.58.